The Kier molecular flexibility index (Phi) is 3.16. The number of carbonyl (C=O) groups excluding carboxylic acids is 1. The molecule has 0 aliphatic heterocycles. The molecule has 5 heteroatoms. The number of hydrogen-bond acceptors (Lipinski definition) is 4. The van der Waals surface area contributed by atoms with Gasteiger partial charge in [-0.05, 0) is 6.92 Å². The molecule has 0 bridgehead atoms. The maximum atomic E-state index is 12.1. The Labute approximate surface area is 95.7 Å². The SMILES string of the molecule is Cc1cnc(N)nc1N(C)C(=O)C(C)(C)C. The third kappa shape index (κ3) is 2.48. The van der Waals surface area contributed by atoms with Crippen LogP contribution in [0.4, 0.5) is 11.8 Å². The largest absolute Gasteiger partial charge is 0.368 e. The number of nitrogens with zero attached hydrogens (tertiary/aromatic N) is 3. The van der Waals surface area contributed by atoms with Gasteiger partial charge in [0.05, 0.1) is 0 Å². The molecular weight excluding hydrogens is 204 g/mol. The van der Waals surface area contributed by atoms with Crippen molar-refractivity contribution in [3.05, 3.63) is 11.8 Å². The Morgan fingerprint density at radius 3 is 2.50 bits per heavy atom. The number of aryl methyl sites for hydroxylation is 1. The average molecular weight is 222 g/mol. The summed E-state index contributed by atoms with van der Waals surface area (Å²) in [6.07, 6.45) is 1.62. The number of nitrogen functional groups attached to an aromatic ring is 1. The minimum atomic E-state index is -0.444. The zero-order chi connectivity index (χ0) is 12.5. The summed E-state index contributed by atoms with van der Waals surface area (Å²) in [5.41, 5.74) is 5.90. The summed E-state index contributed by atoms with van der Waals surface area (Å²) < 4.78 is 0. The fraction of sp³-hybridized carbons (Fsp3) is 0.545. The number of nitrogens with two attached hydrogens (primary N) is 1. The highest BCUT2D eigenvalue weighted by Crippen LogP contribution is 2.22. The molecule has 0 unspecified atom stereocenters. The van der Waals surface area contributed by atoms with E-state index in [-0.39, 0.29) is 11.9 Å². The van der Waals surface area contributed by atoms with Crippen molar-refractivity contribution in [1.29, 1.82) is 0 Å². The summed E-state index contributed by atoms with van der Waals surface area (Å²) in [6.45, 7) is 7.45. The zero-order valence-electron chi connectivity index (χ0n) is 10.4. The van der Waals surface area contributed by atoms with E-state index < -0.39 is 5.41 Å². The summed E-state index contributed by atoms with van der Waals surface area (Å²) in [4.78, 5) is 21.5. The Balaban J connectivity index is 3.10. The van der Waals surface area contributed by atoms with Crippen LogP contribution in [0.2, 0.25) is 0 Å². The lowest BCUT2D eigenvalue weighted by atomic mass is 9.95. The Morgan fingerprint density at radius 2 is 2.00 bits per heavy atom. The van der Waals surface area contributed by atoms with E-state index in [9.17, 15) is 4.79 Å². The summed E-state index contributed by atoms with van der Waals surface area (Å²) in [7, 11) is 1.70. The molecule has 0 aliphatic carbocycles. The molecule has 0 radical (unpaired) electrons. The van der Waals surface area contributed by atoms with E-state index in [2.05, 4.69) is 9.97 Å². The number of aromatic nitrogens is 2. The lowest BCUT2D eigenvalue weighted by Gasteiger charge is -2.26. The molecule has 0 fully saturated rings. The molecule has 0 aromatic carbocycles. The first-order valence-electron chi connectivity index (χ1n) is 5.10. The topological polar surface area (TPSA) is 72.1 Å². The minimum absolute atomic E-state index is 0.00583. The van der Waals surface area contributed by atoms with E-state index in [1.807, 2.05) is 27.7 Å². The van der Waals surface area contributed by atoms with E-state index in [0.29, 0.717) is 5.82 Å². The van der Waals surface area contributed by atoms with Crippen LogP contribution >= 0.6 is 0 Å². The van der Waals surface area contributed by atoms with Gasteiger partial charge in [0.1, 0.15) is 5.82 Å². The van der Waals surface area contributed by atoms with Gasteiger partial charge in [-0.2, -0.15) is 4.98 Å². The molecule has 16 heavy (non-hydrogen) atoms. The summed E-state index contributed by atoms with van der Waals surface area (Å²) in [5.74, 6) is 0.732. The molecular formula is C11H18N4O. The third-order valence-electron chi connectivity index (χ3n) is 2.23. The Bertz CT molecular complexity index is 409. The van der Waals surface area contributed by atoms with Crippen molar-refractivity contribution in [2.75, 3.05) is 17.7 Å². The maximum Gasteiger partial charge on any atom is 0.233 e. The van der Waals surface area contributed by atoms with Crippen molar-refractivity contribution < 1.29 is 4.79 Å². The minimum Gasteiger partial charge on any atom is -0.368 e. The van der Waals surface area contributed by atoms with Gasteiger partial charge in [-0.25, -0.2) is 4.98 Å². The van der Waals surface area contributed by atoms with Crippen LogP contribution in [0, 0.1) is 12.3 Å². The second kappa shape index (κ2) is 4.08. The molecule has 0 saturated heterocycles. The molecule has 5 nitrogen and oxygen atoms in total. The monoisotopic (exact) mass is 222 g/mol. The number of anilines is 2. The lowest BCUT2D eigenvalue weighted by Crippen LogP contribution is -2.37. The molecule has 0 atom stereocenters. The Morgan fingerprint density at radius 1 is 1.44 bits per heavy atom. The molecule has 0 aliphatic rings. The highest BCUT2D eigenvalue weighted by Gasteiger charge is 2.27. The first-order chi connectivity index (χ1) is 7.23. The molecule has 1 amide bonds. The predicted molar refractivity (Wildman–Crippen MR) is 64.0 cm³/mol. The van der Waals surface area contributed by atoms with Gasteiger partial charge in [0.15, 0.2) is 0 Å². The van der Waals surface area contributed by atoms with Crippen LogP contribution in [0.3, 0.4) is 0 Å². The standard InChI is InChI=1S/C11H18N4O/c1-7-6-13-10(12)14-8(7)15(5)9(16)11(2,3)4/h6H,1-5H3,(H2,12,13,14). The number of amides is 1. The van der Waals surface area contributed by atoms with E-state index >= 15 is 0 Å². The van der Waals surface area contributed by atoms with Crippen molar-refractivity contribution in [3.63, 3.8) is 0 Å². The van der Waals surface area contributed by atoms with Gasteiger partial charge < -0.3 is 5.73 Å². The van der Waals surface area contributed by atoms with Crippen LogP contribution < -0.4 is 10.6 Å². The number of hydrogen-bond donors (Lipinski definition) is 1. The summed E-state index contributed by atoms with van der Waals surface area (Å²) in [6, 6.07) is 0. The van der Waals surface area contributed by atoms with Crippen molar-refractivity contribution >= 4 is 17.7 Å². The highest BCUT2D eigenvalue weighted by atomic mass is 16.2. The maximum absolute atomic E-state index is 12.1. The molecule has 1 rings (SSSR count). The van der Waals surface area contributed by atoms with Crippen molar-refractivity contribution in [3.8, 4) is 0 Å². The van der Waals surface area contributed by atoms with Crippen LogP contribution in [0.25, 0.3) is 0 Å². The van der Waals surface area contributed by atoms with Gasteiger partial charge in [-0.1, -0.05) is 20.8 Å². The van der Waals surface area contributed by atoms with Gasteiger partial charge in [-0.3, -0.25) is 9.69 Å². The smallest absolute Gasteiger partial charge is 0.233 e. The van der Waals surface area contributed by atoms with E-state index in [1.54, 1.807) is 13.2 Å². The third-order valence-corrected chi connectivity index (χ3v) is 2.23. The first-order valence-corrected chi connectivity index (χ1v) is 5.10. The normalized spacial score (nSPS) is 11.3. The van der Waals surface area contributed by atoms with Crippen molar-refractivity contribution in [1.82, 2.24) is 9.97 Å². The fourth-order valence-corrected chi connectivity index (χ4v) is 1.39. The van der Waals surface area contributed by atoms with Crippen molar-refractivity contribution in [2.24, 2.45) is 5.41 Å². The van der Waals surface area contributed by atoms with E-state index in [1.165, 1.54) is 4.90 Å². The average Bonchev–Trinajstić information content (AvgIpc) is 2.18. The van der Waals surface area contributed by atoms with Crippen LogP contribution in [-0.4, -0.2) is 22.9 Å². The molecule has 0 spiro atoms. The molecule has 1 aromatic rings. The predicted octanol–water partition coefficient (Wildman–Crippen LogP) is 1.38. The van der Waals surface area contributed by atoms with Gasteiger partial charge >= 0.3 is 0 Å². The molecule has 0 saturated carbocycles. The number of rotatable bonds is 1. The van der Waals surface area contributed by atoms with Crippen LogP contribution in [0.1, 0.15) is 26.3 Å². The Hall–Kier alpha value is -1.65. The zero-order valence-corrected chi connectivity index (χ0v) is 10.4. The summed E-state index contributed by atoms with van der Waals surface area (Å²) >= 11 is 0. The number of carbonyl (C=O) groups is 1. The molecule has 2 N–H and O–H groups in total. The fourth-order valence-electron chi connectivity index (χ4n) is 1.39. The molecule has 1 heterocycles. The van der Waals surface area contributed by atoms with Crippen LogP contribution in [0.5, 0.6) is 0 Å². The molecule has 88 valence electrons. The molecule has 1 aromatic heterocycles. The lowest BCUT2D eigenvalue weighted by molar-refractivity contribution is -0.125. The van der Waals surface area contributed by atoms with E-state index in [0.717, 1.165) is 5.56 Å². The highest BCUT2D eigenvalue weighted by molar-refractivity contribution is 5.96. The van der Waals surface area contributed by atoms with Crippen LogP contribution in [0.15, 0.2) is 6.20 Å². The van der Waals surface area contributed by atoms with Gasteiger partial charge in [0.2, 0.25) is 11.9 Å². The van der Waals surface area contributed by atoms with Gasteiger partial charge in [0.25, 0.3) is 0 Å². The van der Waals surface area contributed by atoms with Gasteiger partial charge in [0, 0.05) is 24.2 Å². The van der Waals surface area contributed by atoms with E-state index in [4.69, 9.17) is 5.73 Å². The van der Waals surface area contributed by atoms with Gasteiger partial charge in [-0.15, -0.1) is 0 Å². The van der Waals surface area contributed by atoms with Crippen molar-refractivity contribution in [2.45, 2.75) is 27.7 Å². The summed E-state index contributed by atoms with van der Waals surface area (Å²) in [5, 5.41) is 0. The van der Waals surface area contributed by atoms with Crippen LogP contribution in [-0.2, 0) is 4.79 Å². The first kappa shape index (κ1) is 12.4. The quantitative estimate of drug-likeness (QED) is 0.779. The second-order valence-corrected chi connectivity index (χ2v) is 4.85. The second-order valence-electron chi connectivity index (χ2n) is 4.85.